The number of hydrogen-bond acceptors (Lipinski definition) is 5. The van der Waals surface area contributed by atoms with E-state index in [0.29, 0.717) is 30.8 Å². The zero-order valence-corrected chi connectivity index (χ0v) is 17.3. The summed E-state index contributed by atoms with van der Waals surface area (Å²) in [6.45, 7) is 1.62. The van der Waals surface area contributed by atoms with Crippen LogP contribution < -0.4 is 20.3 Å². The molecule has 7 heteroatoms. The molecule has 2 heterocycles. The van der Waals surface area contributed by atoms with Gasteiger partial charge in [-0.15, -0.1) is 0 Å². The molecule has 1 aliphatic heterocycles. The van der Waals surface area contributed by atoms with Crippen LogP contribution >= 0.6 is 0 Å². The van der Waals surface area contributed by atoms with Gasteiger partial charge in [-0.2, -0.15) is 0 Å². The van der Waals surface area contributed by atoms with Gasteiger partial charge in [-0.1, -0.05) is 31.0 Å². The monoisotopic (exact) mass is 419 g/mol. The van der Waals surface area contributed by atoms with Gasteiger partial charge in [0.1, 0.15) is 19.8 Å². The minimum Gasteiger partial charge on any atom is -0.486 e. The molecule has 1 aromatic heterocycles. The van der Waals surface area contributed by atoms with E-state index in [1.165, 1.54) is 16.3 Å². The van der Waals surface area contributed by atoms with Crippen LogP contribution in [0, 0.1) is 0 Å². The Labute approximate surface area is 180 Å². The molecule has 1 saturated carbocycles. The van der Waals surface area contributed by atoms with Crippen molar-refractivity contribution in [2.24, 2.45) is 0 Å². The molecule has 0 spiro atoms. The fourth-order valence-electron chi connectivity index (χ4n) is 4.74. The van der Waals surface area contributed by atoms with Crippen molar-refractivity contribution in [3.05, 3.63) is 64.6 Å². The maximum Gasteiger partial charge on any atom is 0.269 e. The number of hydrogen-bond donors (Lipinski definition) is 1. The van der Waals surface area contributed by atoms with Crippen molar-refractivity contribution in [3.63, 3.8) is 0 Å². The molecule has 2 aliphatic rings. The zero-order chi connectivity index (χ0) is 21.3. The number of amides is 1. The highest BCUT2D eigenvalue weighted by atomic mass is 16.6. The highest BCUT2D eigenvalue weighted by Gasteiger charge is 2.36. The van der Waals surface area contributed by atoms with Crippen LogP contribution in [-0.4, -0.2) is 35.2 Å². The Kier molecular flexibility index (Phi) is 5.10. The van der Waals surface area contributed by atoms with Gasteiger partial charge < -0.3 is 14.8 Å². The minimum atomic E-state index is -0.281. The van der Waals surface area contributed by atoms with Gasteiger partial charge in [-0.05, 0) is 42.7 Å². The SMILES string of the molecule is O=C(Cn1c(=O)cnc2ccccc21)NCC1(c2ccc3c(c2)OCCO3)CCCC1. The van der Waals surface area contributed by atoms with Crippen LogP contribution in [0.2, 0.25) is 0 Å². The maximum absolute atomic E-state index is 12.8. The van der Waals surface area contributed by atoms with Gasteiger partial charge in [0.25, 0.3) is 5.56 Å². The summed E-state index contributed by atoms with van der Waals surface area (Å²) in [5, 5.41) is 3.09. The van der Waals surface area contributed by atoms with Gasteiger partial charge in [0.05, 0.1) is 17.2 Å². The quantitative estimate of drug-likeness (QED) is 0.688. The molecule has 1 aliphatic carbocycles. The lowest BCUT2D eigenvalue weighted by atomic mass is 9.78. The van der Waals surface area contributed by atoms with Gasteiger partial charge in [0.2, 0.25) is 5.91 Å². The van der Waals surface area contributed by atoms with E-state index < -0.39 is 0 Å². The molecule has 0 atom stereocenters. The summed E-state index contributed by atoms with van der Waals surface area (Å²) in [6, 6.07) is 13.5. The molecular formula is C24H25N3O4. The highest BCUT2D eigenvalue weighted by molar-refractivity contribution is 5.80. The maximum atomic E-state index is 12.8. The highest BCUT2D eigenvalue weighted by Crippen LogP contribution is 2.43. The number of para-hydroxylation sites is 2. The molecular weight excluding hydrogens is 394 g/mol. The smallest absolute Gasteiger partial charge is 0.269 e. The average molecular weight is 419 g/mol. The van der Waals surface area contributed by atoms with E-state index >= 15 is 0 Å². The summed E-state index contributed by atoms with van der Waals surface area (Å²) < 4.78 is 12.9. The lowest BCUT2D eigenvalue weighted by Gasteiger charge is -2.31. The topological polar surface area (TPSA) is 82.5 Å². The number of carbonyl (C=O) groups is 1. The van der Waals surface area contributed by atoms with E-state index in [2.05, 4.69) is 22.4 Å². The van der Waals surface area contributed by atoms with Crippen LogP contribution in [0.25, 0.3) is 11.0 Å². The molecule has 0 bridgehead atoms. The molecule has 0 saturated heterocycles. The molecule has 0 radical (unpaired) electrons. The summed E-state index contributed by atoms with van der Waals surface area (Å²) in [5.74, 6) is 1.37. The Morgan fingerprint density at radius 2 is 1.84 bits per heavy atom. The Balaban J connectivity index is 1.35. The zero-order valence-electron chi connectivity index (χ0n) is 17.3. The normalized spacial score (nSPS) is 16.9. The number of nitrogens with zero attached hydrogens (tertiary/aromatic N) is 2. The van der Waals surface area contributed by atoms with Crippen molar-refractivity contribution < 1.29 is 14.3 Å². The molecule has 3 aromatic rings. The van der Waals surface area contributed by atoms with Crippen molar-refractivity contribution in [2.75, 3.05) is 19.8 Å². The van der Waals surface area contributed by atoms with E-state index in [0.717, 1.165) is 37.2 Å². The molecule has 7 nitrogen and oxygen atoms in total. The van der Waals surface area contributed by atoms with Gasteiger partial charge in [-0.3, -0.25) is 14.2 Å². The van der Waals surface area contributed by atoms with Gasteiger partial charge in [0, 0.05) is 12.0 Å². The summed E-state index contributed by atoms with van der Waals surface area (Å²) in [5.41, 5.74) is 2.11. The van der Waals surface area contributed by atoms with Gasteiger partial charge in [-0.25, -0.2) is 4.98 Å². The van der Waals surface area contributed by atoms with Crippen molar-refractivity contribution in [3.8, 4) is 11.5 Å². The van der Waals surface area contributed by atoms with Gasteiger partial charge >= 0.3 is 0 Å². The van der Waals surface area contributed by atoms with Crippen molar-refractivity contribution in [2.45, 2.75) is 37.6 Å². The first-order chi connectivity index (χ1) is 15.1. The van der Waals surface area contributed by atoms with Crippen LogP contribution in [0.3, 0.4) is 0 Å². The van der Waals surface area contributed by atoms with E-state index in [-0.39, 0.29) is 23.4 Å². The fraction of sp³-hybridized carbons (Fsp3) is 0.375. The minimum absolute atomic E-state index is 0.0287. The molecule has 31 heavy (non-hydrogen) atoms. The van der Waals surface area contributed by atoms with Gasteiger partial charge in [0.15, 0.2) is 11.5 Å². The molecule has 0 unspecified atom stereocenters. The average Bonchev–Trinajstić information content (AvgIpc) is 3.29. The second-order valence-electron chi connectivity index (χ2n) is 8.29. The predicted molar refractivity (Wildman–Crippen MR) is 117 cm³/mol. The van der Waals surface area contributed by atoms with Crippen LogP contribution in [0.1, 0.15) is 31.2 Å². The third-order valence-electron chi connectivity index (χ3n) is 6.39. The number of benzene rings is 2. The lowest BCUT2D eigenvalue weighted by Crippen LogP contribution is -2.41. The summed E-state index contributed by atoms with van der Waals surface area (Å²) in [6.07, 6.45) is 5.52. The summed E-state index contributed by atoms with van der Waals surface area (Å²) in [4.78, 5) is 29.3. The van der Waals surface area contributed by atoms with E-state index in [1.807, 2.05) is 30.3 Å². The number of fused-ring (bicyclic) bond motifs is 2. The number of carbonyl (C=O) groups excluding carboxylic acids is 1. The summed E-state index contributed by atoms with van der Waals surface area (Å²) in [7, 11) is 0. The Bertz CT molecular complexity index is 1180. The predicted octanol–water partition coefficient (Wildman–Crippen LogP) is 2.80. The Morgan fingerprint density at radius 3 is 2.68 bits per heavy atom. The third-order valence-corrected chi connectivity index (χ3v) is 6.39. The number of rotatable bonds is 5. The standard InChI is InChI=1S/C24H25N3O4/c28-22(15-27-19-6-2-1-5-18(19)25-14-23(27)29)26-16-24(9-3-4-10-24)17-7-8-20-21(13-17)31-12-11-30-20/h1-2,5-8,13-14H,3-4,9-12,15-16H2,(H,26,28). The van der Waals surface area contributed by atoms with Crippen LogP contribution in [-0.2, 0) is 16.8 Å². The van der Waals surface area contributed by atoms with Crippen LogP contribution in [0.15, 0.2) is 53.5 Å². The molecule has 1 fully saturated rings. The van der Waals surface area contributed by atoms with E-state index in [4.69, 9.17) is 9.47 Å². The molecule has 1 amide bonds. The molecule has 1 N–H and O–H groups in total. The molecule has 2 aromatic carbocycles. The summed E-state index contributed by atoms with van der Waals surface area (Å²) >= 11 is 0. The largest absolute Gasteiger partial charge is 0.486 e. The Hall–Kier alpha value is -3.35. The fourth-order valence-corrected chi connectivity index (χ4v) is 4.74. The number of aromatic nitrogens is 2. The van der Waals surface area contributed by atoms with Crippen molar-refractivity contribution in [1.29, 1.82) is 0 Å². The first-order valence-corrected chi connectivity index (χ1v) is 10.8. The van der Waals surface area contributed by atoms with Crippen molar-refractivity contribution in [1.82, 2.24) is 14.9 Å². The van der Waals surface area contributed by atoms with Crippen LogP contribution in [0.5, 0.6) is 11.5 Å². The second-order valence-corrected chi connectivity index (χ2v) is 8.29. The van der Waals surface area contributed by atoms with E-state index in [1.54, 1.807) is 0 Å². The van der Waals surface area contributed by atoms with Crippen LogP contribution in [0.4, 0.5) is 0 Å². The third kappa shape index (κ3) is 3.76. The molecule has 5 rings (SSSR count). The second kappa shape index (κ2) is 8.06. The number of nitrogens with one attached hydrogen (secondary N) is 1. The molecule has 160 valence electrons. The number of ether oxygens (including phenoxy) is 2. The lowest BCUT2D eigenvalue weighted by molar-refractivity contribution is -0.121. The Morgan fingerprint density at radius 1 is 1.06 bits per heavy atom. The van der Waals surface area contributed by atoms with E-state index in [9.17, 15) is 9.59 Å². The first kappa shape index (κ1) is 19.6. The first-order valence-electron chi connectivity index (χ1n) is 10.8. The van der Waals surface area contributed by atoms with Crippen molar-refractivity contribution >= 4 is 16.9 Å².